The van der Waals surface area contributed by atoms with Gasteiger partial charge in [0, 0.05) is 0 Å². The molecule has 0 saturated heterocycles. The molecule has 1 aliphatic rings. The second-order valence-corrected chi connectivity index (χ2v) is 3.56. The third kappa shape index (κ3) is 2.41. The number of ether oxygens (including phenoxy) is 2. The maximum atomic E-state index is 5.64. The summed E-state index contributed by atoms with van der Waals surface area (Å²) >= 11 is 0. The molecule has 2 rings (SSSR count). The SMILES string of the molecule is c1ccc2c(c1)OCCCCCCO2. The van der Waals surface area contributed by atoms with Gasteiger partial charge in [-0.3, -0.25) is 0 Å². The van der Waals surface area contributed by atoms with E-state index in [0.29, 0.717) is 0 Å². The lowest BCUT2D eigenvalue weighted by Crippen LogP contribution is -2.05. The van der Waals surface area contributed by atoms with Crippen LogP contribution < -0.4 is 9.47 Å². The monoisotopic (exact) mass is 192 g/mol. The fourth-order valence-corrected chi connectivity index (χ4v) is 1.61. The number of hydrogen-bond donors (Lipinski definition) is 0. The summed E-state index contributed by atoms with van der Waals surface area (Å²) in [4.78, 5) is 0. The van der Waals surface area contributed by atoms with Crippen LogP contribution >= 0.6 is 0 Å². The van der Waals surface area contributed by atoms with Crippen molar-refractivity contribution in [2.24, 2.45) is 0 Å². The predicted molar refractivity (Wildman–Crippen MR) is 55.9 cm³/mol. The molecule has 0 N–H and O–H groups in total. The van der Waals surface area contributed by atoms with Crippen LogP contribution in [0.15, 0.2) is 24.3 Å². The molecular weight excluding hydrogens is 176 g/mol. The van der Waals surface area contributed by atoms with Crippen molar-refractivity contribution < 1.29 is 9.47 Å². The molecular formula is C12H16O2. The molecule has 0 saturated carbocycles. The molecule has 1 heterocycles. The molecule has 0 unspecified atom stereocenters. The molecule has 0 aromatic heterocycles. The van der Waals surface area contributed by atoms with Gasteiger partial charge in [0.1, 0.15) is 0 Å². The Kier molecular flexibility index (Phi) is 3.28. The second kappa shape index (κ2) is 4.89. The van der Waals surface area contributed by atoms with E-state index in [1.54, 1.807) is 0 Å². The van der Waals surface area contributed by atoms with E-state index in [0.717, 1.165) is 37.6 Å². The molecule has 0 bridgehead atoms. The van der Waals surface area contributed by atoms with Gasteiger partial charge in [-0.2, -0.15) is 0 Å². The first kappa shape index (κ1) is 9.38. The van der Waals surface area contributed by atoms with Gasteiger partial charge in [-0.1, -0.05) is 12.1 Å². The molecule has 0 atom stereocenters. The Morgan fingerprint density at radius 1 is 0.714 bits per heavy atom. The Morgan fingerprint density at radius 3 is 1.71 bits per heavy atom. The number of fused-ring (bicyclic) bond motifs is 1. The van der Waals surface area contributed by atoms with Crippen LogP contribution in [0.1, 0.15) is 25.7 Å². The van der Waals surface area contributed by atoms with Crippen LogP contribution in [-0.4, -0.2) is 13.2 Å². The van der Waals surface area contributed by atoms with Crippen LogP contribution in [-0.2, 0) is 0 Å². The van der Waals surface area contributed by atoms with E-state index < -0.39 is 0 Å². The van der Waals surface area contributed by atoms with E-state index in [1.165, 1.54) is 12.8 Å². The van der Waals surface area contributed by atoms with Crippen LogP contribution in [0.4, 0.5) is 0 Å². The molecule has 2 heteroatoms. The molecule has 0 amide bonds. The average Bonchev–Trinajstić information content (AvgIpc) is 2.25. The van der Waals surface area contributed by atoms with E-state index in [-0.39, 0.29) is 0 Å². The zero-order chi connectivity index (χ0) is 9.64. The summed E-state index contributed by atoms with van der Waals surface area (Å²) in [6, 6.07) is 7.90. The summed E-state index contributed by atoms with van der Waals surface area (Å²) in [5, 5.41) is 0. The van der Waals surface area contributed by atoms with Crippen molar-refractivity contribution in [2.45, 2.75) is 25.7 Å². The van der Waals surface area contributed by atoms with Gasteiger partial charge in [-0.15, -0.1) is 0 Å². The summed E-state index contributed by atoms with van der Waals surface area (Å²) in [6.45, 7) is 1.61. The van der Waals surface area contributed by atoms with Crippen LogP contribution in [0.5, 0.6) is 11.5 Å². The fourth-order valence-electron chi connectivity index (χ4n) is 1.61. The first-order valence-corrected chi connectivity index (χ1v) is 5.31. The number of rotatable bonds is 0. The van der Waals surface area contributed by atoms with Gasteiger partial charge >= 0.3 is 0 Å². The Morgan fingerprint density at radius 2 is 1.21 bits per heavy atom. The molecule has 2 nitrogen and oxygen atoms in total. The number of hydrogen-bond acceptors (Lipinski definition) is 2. The molecule has 0 fully saturated rings. The van der Waals surface area contributed by atoms with Crippen molar-refractivity contribution in [3.8, 4) is 11.5 Å². The maximum absolute atomic E-state index is 5.64. The predicted octanol–water partition coefficient (Wildman–Crippen LogP) is 3.02. The molecule has 1 aliphatic heterocycles. The molecule has 1 aromatic rings. The standard InChI is InChI=1S/C12H16O2/c1-2-6-10-14-12-8-4-3-7-11(12)13-9-5-1/h3-4,7-8H,1-2,5-6,9-10H2. The molecule has 14 heavy (non-hydrogen) atoms. The lowest BCUT2D eigenvalue weighted by molar-refractivity contribution is 0.244. The number of benzene rings is 1. The molecule has 1 aromatic carbocycles. The van der Waals surface area contributed by atoms with Crippen LogP contribution in [0, 0.1) is 0 Å². The fraction of sp³-hybridized carbons (Fsp3) is 0.500. The van der Waals surface area contributed by atoms with E-state index in [9.17, 15) is 0 Å². The highest BCUT2D eigenvalue weighted by Gasteiger charge is 2.05. The van der Waals surface area contributed by atoms with E-state index in [1.807, 2.05) is 24.3 Å². The zero-order valence-electron chi connectivity index (χ0n) is 8.37. The third-order valence-corrected chi connectivity index (χ3v) is 2.40. The summed E-state index contributed by atoms with van der Waals surface area (Å²) in [5.41, 5.74) is 0. The van der Waals surface area contributed by atoms with Crippen molar-refractivity contribution in [1.82, 2.24) is 0 Å². The smallest absolute Gasteiger partial charge is 0.161 e. The van der Waals surface area contributed by atoms with Gasteiger partial charge in [0.15, 0.2) is 11.5 Å². The van der Waals surface area contributed by atoms with Crippen molar-refractivity contribution in [2.75, 3.05) is 13.2 Å². The highest BCUT2D eigenvalue weighted by atomic mass is 16.5. The van der Waals surface area contributed by atoms with Crippen molar-refractivity contribution in [3.63, 3.8) is 0 Å². The highest BCUT2D eigenvalue weighted by Crippen LogP contribution is 2.27. The van der Waals surface area contributed by atoms with Crippen LogP contribution in [0.3, 0.4) is 0 Å². The first-order chi connectivity index (χ1) is 6.97. The minimum Gasteiger partial charge on any atom is -0.490 e. The van der Waals surface area contributed by atoms with E-state index >= 15 is 0 Å². The Hall–Kier alpha value is -1.18. The largest absolute Gasteiger partial charge is 0.490 e. The molecule has 0 spiro atoms. The van der Waals surface area contributed by atoms with Crippen LogP contribution in [0.2, 0.25) is 0 Å². The van der Waals surface area contributed by atoms with Crippen LogP contribution in [0.25, 0.3) is 0 Å². The highest BCUT2D eigenvalue weighted by molar-refractivity contribution is 5.39. The average molecular weight is 192 g/mol. The Labute approximate surface area is 84.8 Å². The molecule has 0 aliphatic carbocycles. The maximum Gasteiger partial charge on any atom is 0.161 e. The van der Waals surface area contributed by atoms with Gasteiger partial charge in [-0.05, 0) is 37.8 Å². The lowest BCUT2D eigenvalue weighted by atomic mass is 10.2. The molecule has 76 valence electrons. The number of para-hydroxylation sites is 2. The summed E-state index contributed by atoms with van der Waals surface area (Å²) in [6.07, 6.45) is 4.78. The minimum atomic E-state index is 0.806. The van der Waals surface area contributed by atoms with Gasteiger partial charge in [-0.25, -0.2) is 0 Å². The topological polar surface area (TPSA) is 18.5 Å². The van der Waals surface area contributed by atoms with Gasteiger partial charge in [0.05, 0.1) is 13.2 Å². The summed E-state index contributed by atoms with van der Waals surface area (Å²) in [7, 11) is 0. The summed E-state index contributed by atoms with van der Waals surface area (Å²) in [5.74, 6) is 1.77. The summed E-state index contributed by atoms with van der Waals surface area (Å²) < 4.78 is 11.3. The van der Waals surface area contributed by atoms with Crippen molar-refractivity contribution in [3.05, 3.63) is 24.3 Å². The quantitative estimate of drug-likeness (QED) is 0.629. The lowest BCUT2D eigenvalue weighted by Gasteiger charge is -2.14. The van der Waals surface area contributed by atoms with Gasteiger partial charge < -0.3 is 9.47 Å². The zero-order valence-corrected chi connectivity index (χ0v) is 8.37. The van der Waals surface area contributed by atoms with E-state index in [4.69, 9.17) is 9.47 Å². The van der Waals surface area contributed by atoms with Gasteiger partial charge in [0.25, 0.3) is 0 Å². The molecule has 0 radical (unpaired) electrons. The second-order valence-electron chi connectivity index (χ2n) is 3.56. The normalized spacial score (nSPS) is 17.4. The minimum absolute atomic E-state index is 0.806. The van der Waals surface area contributed by atoms with E-state index in [2.05, 4.69) is 0 Å². The van der Waals surface area contributed by atoms with Crippen molar-refractivity contribution in [1.29, 1.82) is 0 Å². The Bertz CT molecular complexity index is 254. The van der Waals surface area contributed by atoms with Gasteiger partial charge in [0.2, 0.25) is 0 Å². The van der Waals surface area contributed by atoms with Crippen molar-refractivity contribution >= 4 is 0 Å². The third-order valence-electron chi connectivity index (χ3n) is 2.40. The first-order valence-electron chi connectivity index (χ1n) is 5.31. The Balaban J connectivity index is 2.10.